The van der Waals surface area contributed by atoms with Crippen molar-refractivity contribution < 1.29 is 15.0 Å². The molecule has 27 heavy (non-hydrogen) atoms. The number of hydrazone groups is 1. The highest BCUT2D eigenvalue weighted by molar-refractivity contribution is 5.91. The lowest BCUT2D eigenvalue weighted by molar-refractivity contribution is -0.136. The number of aryl methyl sites for hydroxylation is 1. The van der Waals surface area contributed by atoms with Gasteiger partial charge in [-0.1, -0.05) is 72.3 Å². The first-order valence-corrected chi connectivity index (χ1v) is 8.48. The third kappa shape index (κ3) is 3.88. The van der Waals surface area contributed by atoms with Crippen molar-refractivity contribution in [2.45, 2.75) is 12.5 Å². The summed E-state index contributed by atoms with van der Waals surface area (Å²) < 4.78 is 0. The zero-order valence-electron chi connectivity index (χ0n) is 14.8. The predicted octanol–water partition coefficient (Wildman–Crippen LogP) is 3.09. The van der Waals surface area contributed by atoms with E-state index in [4.69, 9.17) is 0 Å². The largest absolute Gasteiger partial charge is 0.507 e. The molecule has 3 rings (SSSR count). The van der Waals surface area contributed by atoms with Crippen LogP contribution < -0.4 is 5.43 Å². The summed E-state index contributed by atoms with van der Waals surface area (Å²) in [6, 6.07) is 22.4. The number of phenols is 1. The van der Waals surface area contributed by atoms with E-state index in [9.17, 15) is 15.0 Å². The fourth-order valence-corrected chi connectivity index (χ4v) is 2.81. The first kappa shape index (κ1) is 18.4. The van der Waals surface area contributed by atoms with Gasteiger partial charge >= 0.3 is 0 Å². The number of rotatable bonds is 5. The molecule has 0 radical (unpaired) electrons. The number of nitrogens with zero attached hydrogens (tertiary/aromatic N) is 1. The number of benzene rings is 3. The lowest BCUT2D eigenvalue weighted by Crippen LogP contribution is -2.43. The molecular weight excluding hydrogens is 340 g/mol. The van der Waals surface area contributed by atoms with E-state index in [-0.39, 0.29) is 5.75 Å². The lowest BCUT2D eigenvalue weighted by Gasteiger charge is -2.27. The van der Waals surface area contributed by atoms with E-state index < -0.39 is 11.5 Å². The van der Waals surface area contributed by atoms with E-state index in [0.717, 1.165) is 5.56 Å². The van der Waals surface area contributed by atoms with E-state index in [1.807, 2.05) is 19.1 Å². The van der Waals surface area contributed by atoms with Crippen LogP contribution in [0.25, 0.3) is 0 Å². The van der Waals surface area contributed by atoms with E-state index in [2.05, 4.69) is 10.5 Å². The molecule has 5 heteroatoms. The number of hydrogen-bond donors (Lipinski definition) is 3. The summed E-state index contributed by atoms with van der Waals surface area (Å²) in [5.41, 5.74) is 2.78. The molecule has 3 N–H and O–H groups in total. The standard InChI is InChI=1S/C22H20N2O3/c1-16-12-13-20(25)17(14-16)15-23-24-21(26)22(27,18-8-4-2-5-9-18)19-10-6-3-7-11-19/h2-15,25,27H,1H3,(H,24,26). The van der Waals surface area contributed by atoms with Crippen LogP contribution in [0, 0.1) is 6.92 Å². The Morgan fingerprint density at radius 2 is 1.52 bits per heavy atom. The van der Waals surface area contributed by atoms with Crippen LogP contribution in [0.2, 0.25) is 0 Å². The minimum Gasteiger partial charge on any atom is -0.507 e. The van der Waals surface area contributed by atoms with Gasteiger partial charge in [0.2, 0.25) is 0 Å². The van der Waals surface area contributed by atoms with Crippen LogP contribution in [-0.4, -0.2) is 22.3 Å². The van der Waals surface area contributed by atoms with Gasteiger partial charge < -0.3 is 10.2 Å². The highest BCUT2D eigenvalue weighted by Crippen LogP contribution is 2.29. The molecule has 0 aliphatic carbocycles. The van der Waals surface area contributed by atoms with Gasteiger partial charge in [-0.3, -0.25) is 4.79 Å². The van der Waals surface area contributed by atoms with Gasteiger partial charge in [-0.2, -0.15) is 5.10 Å². The molecule has 136 valence electrons. The molecule has 3 aromatic carbocycles. The van der Waals surface area contributed by atoms with Crippen LogP contribution >= 0.6 is 0 Å². The molecule has 0 bridgehead atoms. The molecule has 0 unspecified atom stereocenters. The van der Waals surface area contributed by atoms with Gasteiger partial charge in [0.25, 0.3) is 5.91 Å². The third-order valence-corrected chi connectivity index (χ3v) is 4.26. The monoisotopic (exact) mass is 360 g/mol. The van der Waals surface area contributed by atoms with E-state index in [1.165, 1.54) is 6.21 Å². The Bertz CT molecular complexity index is 914. The highest BCUT2D eigenvalue weighted by Gasteiger charge is 2.39. The first-order chi connectivity index (χ1) is 13.0. The molecule has 5 nitrogen and oxygen atoms in total. The van der Waals surface area contributed by atoms with Crippen molar-refractivity contribution in [1.82, 2.24) is 5.43 Å². The normalized spacial score (nSPS) is 11.5. The molecule has 0 atom stereocenters. The average molecular weight is 360 g/mol. The maximum atomic E-state index is 12.9. The average Bonchev–Trinajstić information content (AvgIpc) is 2.71. The number of carbonyl (C=O) groups excluding carboxylic acids is 1. The minimum absolute atomic E-state index is 0.0555. The topological polar surface area (TPSA) is 81.9 Å². The summed E-state index contributed by atoms with van der Waals surface area (Å²) in [6.07, 6.45) is 1.34. The van der Waals surface area contributed by atoms with Gasteiger partial charge in [0.05, 0.1) is 6.21 Å². The van der Waals surface area contributed by atoms with Gasteiger partial charge in [-0.25, -0.2) is 5.43 Å². The Morgan fingerprint density at radius 1 is 0.963 bits per heavy atom. The van der Waals surface area contributed by atoms with E-state index in [1.54, 1.807) is 66.7 Å². The Balaban J connectivity index is 1.90. The summed E-state index contributed by atoms with van der Waals surface area (Å²) in [7, 11) is 0. The predicted molar refractivity (Wildman–Crippen MR) is 104 cm³/mol. The Morgan fingerprint density at radius 3 is 2.07 bits per heavy atom. The van der Waals surface area contributed by atoms with Gasteiger partial charge in [0.1, 0.15) is 5.75 Å². The summed E-state index contributed by atoms with van der Waals surface area (Å²) in [6.45, 7) is 1.89. The van der Waals surface area contributed by atoms with Crippen molar-refractivity contribution in [3.8, 4) is 5.75 Å². The van der Waals surface area contributed by atoms with Crippen molar-refractivity contribution in [2.75, 3.05) is 0 Å². The van der Waals surface area contributed by atoms with Crippen LogP contribution in [0.4, 0.5) is 0 Å². The Hall–Kier alpha value is -3.44. The zero-order chi connectivity index (χ0) is 19.3. The smallest absolute Gasteiger partial charge is 0.281 e. The van der Waals surface area contributed by atoms with Crippen molar-refractivity contribution in [2.24, 2.45) is 5.10 Å². The molecule has 3 aromatic rings. The number of hydrogen-bond acceptors (Lipinski definition) is 4. The molecule has 0 saturated carbocycles. The highest BCUT2D eigenvalue weighted by atomic mass is 16.3. The van der Waals surface area contributed by atoms with E-state index in [0.29, 0.717) is 16.7 Å². The second-order valence-electron chi connectivity index (χ2n) is 6.20. The summed E-state index contributed by atoms with van der Waals surface area (Å²) in [5.74, 6) is -0.636. The number of carbonyl (C=O) groups is 1. The number of aromatic hydroxyl groups is 1. The SMILES string of the molecule is Cc1ccc(O)c(C=NNC(=O)C(O)(c2ccccc2)c2ccccc2)c1. The third-order valence-electron chi connectivity index (χ3n) is 4.26. The molecule has 0 aliphatic rings. The van der Waals surface area contributed by atoms with Crippen LogP contribution in [0.5, 0.6) is 5.75 Å². The van der Waals surface area contributed by atoms with Crippen molar-refractivity contribution in [3.05, 3.63) is 101 Å². The van der Waals surface area contributed by atoms with Crippen LogP contribution in [0.3, 0.4) is 0 Å². The van der Waals surface area contributed by atoms with Crippen LogP contribution in [0.1, 0.15) is 22.3 Å². The maximum Gasteiger partial charge on any atom is 0.281 e. The Kier molecular flexibility index (Phi) is 5.33. The quantitative estimate of drug-likeness (QED) is 0.483. The molecular formula is C22H20N2O3. The fraction of sp³-hybridized carbons (Fsp3) is 0.0909. The van der Waals surface area contributed by atoms with Crippen molar-refractivity contribution in [3.63, 3.8) is 0 Å². The lowest BCUT2D eigenvalue weighted by atomic mass is 9.85. The molecule has 0 aliphatic heterocycles. The zero-order valence-corrected chi connectivity index (χ0v) is 14.8. The van der Waals surface area contributed by atoms with Gasteiger partial charge in [0.15, 0.2) is 5.60 Å². The second kappa shape index (κ2) is 7.85. The number of nitrogens with one attached hydrogen (secondary N) is 1. The van der Waals surface area contributed by atoms with Gasteiger partial charge in [-0.15, -0.1) is 0 Å². The number of aliphatic hydroxyl groups is 1. The maximum absolute atomic E-state index is 12.9. The second-order valence-corrected chi connectivity index (χ2v) is 6.20. The molecule has 0 aromatic heterocycles. The van der Waals surface area contributed by atoms with E-state index >= 15 is 0 Å². The number of phenolic OH excluding ortho intramolecular Hbond substituents is 1. The van der Waals surface area contributed by atoms with Gasteiger partial charge in [-0.05, 0) is 30.2 Å². The first-order valence-electron chi connectivity index (χ1n) is 8.48. The van der Waals surface area contributed by atoms with Crippen LogP contribution in [-0.2, 0) is 10.4 Å². The summed E-state index contributed by atoms with van der Waals surface area (Å²) >= 11 is 0. The molecule has 1 amide bonds. The van der Waals surface area contributed by atoms with Crippen molar-refractivity contribution >= 4 is 12.1 Å². The fourth-order valence-electron chi connectivity index (χ4n) is 2.81. The molecule has 0 fully saturated rings. The molecule has 0 saturated heterocycles. The summed E-state index contributed by atoms with van der Waals surface area (Å²) in [5, 5.41) is 25.1. The molecule has 0 heterocycles. The molecule has 0 spiro atoms. The van der Waals surface area contributed by atoms with Gasteiger partial charge in [0, 0.05) is 5.56 Å². The van der Waals surface area contributed by atoms with Crippen molar-refractivity contribution in [1.29, 1.82) is 0 Å². The summed E-state index contributed by atoms with van der Waals surface area (Å²) in [4.78, 5) is 12.9. The Labute approximate surface area is 157 Å². The minimum atomic E-state index is -1.89. The number of amides is 1. The van der Waals surface area contributed by atoms with Crippen LogP contribution in [0.15, 0.2) is 84.0 Å².